The van der Waals surface area contributed by atoms with E-state index in [0.29, 0.717) is 24.8 Å². The minimum Gasteiger partial charge on any atom is -0.504 e. The summed E-state index contributed by atoms with van der Waals surface area (Å²) in [6.07, 6.45) is 1.29. The summed E-state index contributed by atoms with van der Waals surface area (Å²) in [5, 5.41) is 53.3. The van der Waals surface area contributed by atoms with Crippen LogP contribution < -0.4 is 10.6 Å². The Kier molecular flexibility index (Phi) is 9.70. The van der Waals surface area contributed by atoms with E-state index in [1.54, 1.807) is 0 Å². The van der Waals surface area contributed by atoms with Gasteiger partial charge in [0.2, 0.25) is 0 Å². The van der Waals surface area contributed by atoms with Crippen LogP contribution in [0.5, 0.6) is 23.0 Å². The number of phenols is 4. The van der Waals surface area contributed by atoms with Gasteiger partial charge in [-0.05, 0) is 67.8 Å². The van der Waals surface area contributed by atoms with Crippen LogP contribution in [0, 0.1) is 11.3 Å². The average molecular weight is 534 g/mol. The summed E-state index contributed by atoms with van der Waals surface area (Å²) in [6.45, 7) is 0.0284. The molecule has 0 saturated heterocycles. The number of phenolic OH excluding ortho intramolecular Hbond substituents is 4. The minimum atomic E-state index is -0.685. The highest BCUT2D eigenvalue weighted by molar-refractivity contribution is 5.98. The quantitative estimate of drug-likeness (QED) is 0.122. The second kappa shape index (κ2) is 13.3. The Morgan fingerprint density at radius 1 is 0.821 bits per heavy atom. The first-order chi connectivity index (χ1) is 18.7. The van der Waals surface area contributed by atoms with Gasteiger partial charge in [-0.15, -0.1) is 0 Å². The smallest absolute Gasteiger partial charge is 0.338 e. The summed E-state index contributed by atoms with van der Waals surface area (Å²) < 4.78 is 5.36. The molecule has 3 aromatic carbocycles. The van der Waals surface area contributed by atoms with E-state index in [1.807, 2.05) is 6.07 Å². The van der Waals surface area contributed by atoms with Gasteiger partial charge in [-0.25, -0.2) is 4.79 Å². The molecule has 0 aromatic heterocycles. The summed E-state index contributed by atoms with van der Waals surface area (Å²) >= 11 is 0. The number of hydrogen-bond acceptors (Lipinski definition) is 9. The van der Waals surface area contributed by atoms with Crippen LogP contribution in [0.3, 0.4) is 0 Å². The van der Waals surface area contributed by atoms with Crippen molar-refractivity contribution in [2.45, 2.75) is 25.3 Å². The second-order valence-electron chi connectivity index (χ2n) is 8.56. The lowest BCUT2D eigenvalue weighted by atomic mass is 10.1. The fourth-order valence-electron chi connectivity index (χ4n) is 3.64. The van der Waals surface area contributed by atoms with Crippen LogP contribution in [0.25, 0.3) is 0 Å². The number of nitrogens with one attached hydrogen (secondary N) is 2. The van der Waals surface area contributed by atoms with Gasteiger partial charge in [0.1, 0.15) is 6.61 Å². The zero-order valence-corrected chi connectivity index (χ0v) is 20.8. The van der Waals surface area contributed by atoms with Crippen molar-refractivity contribution in [2.24, 2.45) is 0 Å². The van der Waals surface area contributed by atoms with Gasteiger partial charge in [0.05, 0.1) is 34.4 Å². The summed E-state index contributed by atoms with van der Waals surface area (Å²) in [5.41, 5.74) is 0.383. The van der Waals surface area contributed by atoms with Crippen molar-refractivity contribution in [1.82, 2.24) is 10.6 Å². The van der Waals surface area contributed by atoms with E-state index in [1.165, 1.54) is 60.7 Å². The predicted octanol–water partition coefficient (Wildman–Crippen LogP) is 2.94. The molecule has 1 unspecified atom stereocenters. The number of unbranched alkanes of at least 4 members (excludes halogenated alkanes) is 1. The van der Waals surface area contributed by atoms with Crippen molar-refractivity contribution in [1.29, 1.82) is 5.26 Å². The van der Waals surface area contributed by atoms with Crippen molar-refractivity contribution >= 4 is 17.8 Å². The minimum absolute atomic E-state index is 0.0687. The van der Waals surface area contributed by atoms with E-state index < -0.39 is 46.8 Å². The summed E-state index contributed by atoms with van der Waals surface area (Å²) in [6, 6.07) is 15.2. The monoisotopic (exact) mass is 533 g/mol. The largest absolute Gasteiger partial charge is 0.504 e. The molecule has 0 aliphatic rings. The van der Waals surface area contributed by atoms with Crippen LogP contribution in [0.4, 0.5) is 0 Å². The Morgan fingerprint density at radius 3 is 2.00 bits per heavy atom. The molecule has 11 heteroatoms. The van der Waals surface area contributed by atoms with E-state index in [2.05, 4.69) is 10.6 Å². The predicted molar refractivity (Wildman–Crippen MR) is 138 cm³/mol. The van der Waals surface area contributed by atoms with Crippen LogP contribution in [0.15, 0.2) is 60.7 Å². The number of para-hydroxylation sites is 2. The zero-order chi connectivity index (χ0) is 28.4. The molecule has 0 bridgehead atoms. The number of aromatic hydroxyl groups is 4. The van der Waals surface area contributed by atoms with E-state index >= 15 is 0 Å². The van der Waals surface area contributed by atoms with Crippen molar-refractivity contribution in [3.8, 4) is 29.1 Å². The highest BCUT2D eigenvalue weighted by Crippen LogP contribution is 2.29. The Hall–Kier alpha value is -5.24. The van der Waals surface area contributed by atoms with Gasteiger partial charge < -0.3 is 35.8 Å². The fraction of sp³-hybridized carbons (Fsp3) is 0.214. The first-order valence-corrected chi connectivity index (χ1v) is 12.0. The number of hydrogen-bond donors (Lipinski definition) is 6. The number of carbonyl (C=O) groups excluding carboxylic acids is 3. The first kappa shape index (κ1) is 28.3. The molecule has 11 nitrogen and oxygen atoms in total. The summed E-state index contributed by atoms with van der Waals surface area (Å²) in [5.74, 6) is -3.87. The SMILES string of the molecule is N#Cc1ccc(C(=O)OCC(CCCCNC(=O)c2cccc(O)c2O)NC(=O)c2cccc(O)c2O)cc1. The number of benzene rings is 3. The lowest BCUT2D eigenvalue weighted by molar-refractivity contribution is 0.0450. The number of esters is 1. The molecule has 0 heterocycles. The average Bonchev–Trinajstić information content (AvgIpc) is 2.93. The van der Waals surface area contributed by atoms with E-state index in [-0.39, 0.29) is 29.8 Å². The second-order valence-corrected chi connectivity index (χ2v) is 8.56. The molecule has 3 rings (SSSR count). The molecular weight excluding hydrogens is 506 g/mol. The number of amides is 2. The van der Waals surface area contributed by atoms with Crippen LogP contribution in [-0.4, -0.2) is 57.4 Å². The molecule has 0 aliphatic heterocycles. The maximum atomic E-state index is 12.8. The molecule has 2 amide bonds. The third kappa shape index (κ3) is 7.62. The molecule has 0 spiro atoms. The van der Waals surface area contributed by atoms with Gasteiger partial charge in [0, 0.05) is 6.54 Å². The molecule has 3 aromatic rings. The van der Waals surface area contributed by atoms with Crippen molar-refractivity contribution in [3.63, 3.8) is 0 Å². The van der Waals surface area contributed by atoms with Crippen LogP contribution in [0.2, 0.25) is 0 Å². The summed E-state index contributed by atoms with van der Waals surface area (Å²) in [7, 11) is 0. The van der Waals surface area contributed by atoms with E-state index in [0.717, 1.165) is 0 Å². The van der Waals surface area contributed by atoms with Gasteiger partial charge >= 0.3 is 5.97 Å². The van der Waals surface area contributed by atoms with Crippen LogP contribution in [-0.2, 0) is 4.74 Å². The Bertz CT molecular complexity index is 1380. The molecule has 0 saturated carbocycles. The Morgan fingerprint density at radius 2 is 1.41 bits per heavy atom. The van der Waals surface area contributed by atoms with Gasteiger partial charge in [-0.3, -0.25) is 9.59 Å². The standard InChI is InChI=1S/C28H27N3O8/c29-15-17-10-12-18(13-11-17)28(38)39-16-19(31-27(37)21-7-4-9-23(33)25(21)35)5-1-2-14-30-26(36)20-6-3-8-22(32)24(20)34/h3-4,6-13,19,32-35H,1-2,5,14,16H2,(H,30,36)(H,31,37). The third-order valence-electron chi connectivity index (χ3n) is 5.78. The Balaban J connectivity index is 1.58. The van der Waals surface area contributed by atoms with Crippen molar-refractivity contribution in [3.05, 3.63) is 82.9 Å². The lowest BCUT2D eigenvalue weighted by Crippen LogP contribution is -2.39. The summed E-state index contributed by atoms with van der Waals surface area (Å²) in [4.78, 5) is 37.5. The van der Waals surface area contributed by atoms with Crippen LogP contribution in [0.1, 0.15) is 55.9 Å². The number of nitrogens with zero attached hydrogens (tertiary/aromatic N) is 1. The molecule has 39 heavy (non-hydrogen) atoms. The van der Waals surface area contributed by atoms with E-state index in [9.17, 15) is 34.8 Å². The Labute approximate surface area is 223 Å². The van der Waals surface area contributed by atoms with Crippen molar-refractivity contribution < 1.29 is 39.5 Å². The van der Waals surface area contributed by atoms with Crippen molar-refractivity contribution in [2.75, 3.05) is 13.2 Å². The van der Waals surface area contributed by atoms with E-state index in [4.69, 9.17) is 10.00 Å². The molecule has 1 atom stereocenters. The molecule has 202 valence electrons. The third-order valence-corrected chi connectivity index (χ3v) is 5.78. The van der Waals surface area contributed by atoms with Gasteiger partial charge in [-0.2, -0.15) is 5.26 Å². The lowest BCUT2D eigenvalue weighted by Gasteiger charge is -2.19. The topological polar surface area (TPSA) is 189 Å². The maximum Gasteiger partial charge on any atom is 0.338 e. The molecule has 0 aliphatic carbocycles. The van der Waals surface area contributed by atoms with Gasteiger partial charge in [0.25, 0.3) is 11.8 Å². The number of rotatable bonds is 11. The fourth-order valence-corrected chi connectivity index (χ4v) is 3.64. The molecule has 0 fully saturated rings. The first-order valence-electron chi connectivity index (χ1n) is 12.0. The molecular formula is C28H27N3O8. The molecule has 6 N–H and O–H groups in total. The molecule has 0 radical (unpaired) electrons. The maximum absolute atomic E-state index is 12.8. The highest BCUT2D eigenvalue weighted by atomic mass is 16.5. The number of ether oxygens (including phenoxy) is 1. The van der Waals surface area contributed by atoms with Crippen LogP contribution >= 0.6 is 0 Å². The van der Waals surface area contributed by atoms with Gasteiger partial charge in [0.15, 0.2) is 23.0 Å². The number of carbonyl (C=O) groups is 3. The van der Waals surface area contributed by atoms with Gasteiger partial charge in [-0.1, -0.05) is 12.1 Å². The highest BCUT2D eigenvalue weighted by Gasteiger charge is 2.20. The zero-order valence-electron chi connectivity index (χ0n) is 20.8. The normalized spacial score (nSPS) is 11.2. The number of nitriles is 1.